The van der Waals surface area contributed by atoms with Crippen LogP contribution in [0.25, 0.3) is 0 Å². The van der Waals surface area contributed by atoms with Gasteiger partial charge in [-0.3, -0.25) is 14.4 Å². The largest absolute Gasteiger partial charge is 0.462 e. The average Bonchev–Trinajstić information content (AvgIpc) is 3.40. The van der Waals surface area contributed by atoms with Gasteiger partial charge in [-0.15, -0.1) is 0 Å². The predicted molar refractivity (Wildman–Crippen MR) is 321 cm³/mol. The number of carbonyl (C=O) groups excluding carboxylic acids is 3. The molecule has 0 spiro atoms. The molecule has 6 heteroatoms. The molecule has 6 nitrogen and oxygen atoms in total. The Hall–Kier alpha value is -3.41. The standard InChI is InChI=1S/C68H118O6/c1-4-7-10-13-16-19-22-24-26-28-30-32-34-36-37-39-41-43-46-49-52-55-58-61-67(70)73-64-65(63-72-66(69)60-57-54-51-48-45-21-18-15-12-9-6-3)74-68(71)62-59-56-53-50-47-44-42-40-38-35-33-31-29-27-25-23-20-17-14-11-8-5-2/h7,10,15-16,18-19,24,26,30,32,36-37,41,43,65H,4-6,8-9,11-14,17,20-23,25,27-29,31,33-35,38-40,42,44-64H2,1-3H3/b10-7-,18-15-,19-16-,26-24-,32-30-,37-36-,43-41-. The van der Waals surface area contributed by atoms with E-state index in [1.807, 2.05) is 0 Å². The third kappa shape index (κ3) is 59.5. The van der Waals surface area contributed by atoms with Gasteiger partial charge < -0.3 is 14.2 Å². The summed E-state index contributed by atoms with van der Waals surface area (Å²) in [5.74, 6) is -0.910. The third-order valence-electron chi connectivity index (χ3n) is 13.6. The van der Waals surface area contributed by atoms with Crippen LogP contribution < -0.4 is 0 Å². The van der Waals surface area contributed by atoms with Gasteiger partial charge in [0.1, 0.15) is 13.2 Å². The predicted octanol–water partition coefficient (Wildman–Crippen LogP) is 21.5. The fourth-order valence-corrected chi connectivity index (χ4v) is 8.90. The molecule has 0 amide bonds. The Bertz CT molecular complexity index is 1420. The van der Waals surface area contributed by atoms with Gasteiger partial charge in [-0.2, -0.15) is 0 Å². The van der Waals surface area contributed by atoms with Crippen molar-refractivity contribution in [2.24, 2.45) is 0 Å². The Morgan fingerprint density at radius 3 is 0.878 bits per heavy atom. The maximum atomic E-state index is 12.9. The zero-order valence-corrected chi connectivity index (χ0v) is 48.8. The second-order valence-electron chi connectivity index (χ2n) is 20.9. The van der Waals surface area contributed by atoms with Gasteiger partial charge in [0.15, 0.2) is 6.10 Å². The van der Waals surface area contributed by atoms with E-state index in [0.717, 1.165) is 116 Å². The van der Waals surface area contributed by atoms with Gasteiger partial charge in [0.05, 0.1) is 0 Å². The molecule has 0 N–H and O–H groups in total. The quantitative estimate of drug-likeness (QED) is 0.0261. The SMILES string of the molecule is CC/C=C\C/C=C\C/C=C\C/C=C\C/C=C\C/C=C\CCCCCCC(=O)OCC(COC(=O)CCCCCCC/C=C\CCCC)OC(=O)CCCCCCCCCCCCCCCCCCCCCCCC. The number of ether oxygens (including phenoxy) is 3. The summed E-state index contributed by atoms with van der Waals surface area (Å²) in [4.78, 5) is 38.2. The maximum absolute atomic E-state index is 12.9. The summed E-state index contributed by atoms with van der Waals surface area (Å²) < 4.78 is 16.9. The normalized spacial score (nSPS) is 12.6. The van der Waals surface area contributed by atoms with Crippen LogP contribution in [0, 0.1) is 0 Å². The lowest BCUT2D eigenvalue weighted by Crippen LogP contribution is -2.30. The van der Waals surface area contributed by atoms with Crippen LogP contribution in [0.5, 0.6) is 0 Å². The molecule has 1 unspecified atom stereocenters. The van der Waals surface area contributed by atoms with Gasteiger partial charge in [0, 0.05) is 19.3 Å². The molecule has 0 saturated carbocycles. The van der Waals surface area contributed by atoms with Crippen molar-refractivity contribution in [1.82, 2.24) is 0 Å². The smallest absolute Gasteiger partial charge is 0.306 e. The summed E-state index contributed by atoms with van der Waals surface area (Å²) in [5.41, 5.74) is 0. The number of allylic oxidation sites excluding steroid dienone is 14. The number of esters is 3. The fourth-order valence-electron chi connectivity index (χ4n) is 8.90. The number of unbranched alkanes of at least 4 members (excludes halogenated alkanes) is 32. The lowest BCUT2D eigenvalue weighted by atomic mass is 10.0. The van der Waals surface area contributed by atoms with Crippen molar-refractivity contribution in [3.63, 3.8) is 0 Å². The van der Waals surface area contributed by atoms with Gasteiger partial charge >= 0.3 is 17.9 Å². The van der Waals surface area contributed by atoms with E-state index >= 15 is 0 Å². The van der Waals surface area contributed by atoms with Crippen LogP contribution in [0.3, 0.4) is 0 Å². The summed E-state index contributed by atoms with van der Waals surface area (Å²) in [6.07, 6.45) is 81.6. The minimum atomic E-state index is -0.790. The van der Waals surface area contributed by atoms with Crippen molar-refractivity contribution in [1.29, 1.82) is 0 Å². The van der Waals surface area contributed by atoms with Crippen LogP contribution in [0.4, 0.5) is 0 Å². The Morgan fingerprint density at radius 1 is 0.284 bits per heavy atom. The number of hydrogen-bond acceptors (Lipinski definition) is 6. The first-order chi connectivity index (χ1) is 36.5. The molecule has 0 radical (unpaired) electrons. The van der Waals surface area contributed by atoms with E-state index in [2.05, 4.69) is 106 Å². The van der Waals surface area contributed by atoms with Gasteiger partial charge in [0.25, 0.3) is 0 Å². The van der Waals surface area contributed by atoms with Crippen LogP contribution in [-0.4, -0.2) is 37.2 Å². The van der Waals surface area contributed by atoms with E-state index in [9.17, 15) is 14.4 Å². The van der Waals surface area contributed by atoms with Crippen LogP contribution in [0.15, 0.2) is 85.1 Å². The first kappa shape index (κ1) is 70.6. The van der Waals surface area contributed by atoms with Crippen LogP contribution in [0.2, 0.25) is 0 Å². The molecular weight excluding hydrogens is 913 g/mol. The Balaban J connectivity index is 4.33. The molecule has 0 aliphatic rings. The van der Waals surface area contributed by atoms with Crippen molar-refractivity contribution in [2.75, 3.05) is 13.2 Å². The van der Waals surface area contributed by atoms with E-state index < -0.39 is 6.10 Å². The van der Waals surface area contributed by atoms with E-state index in [1.54, 1.807) is 0 Å². The van der Waals surface area contributed by atoms with Crippen molar-refractivity contribution >= 4 is 17.9 Å². The molecule has 0 aliphatic heterocycles. The van der Waals surface area contributed by atoms with Gasteiger partial charge in [-0.05, 0) is 89.9 Å². The van der Waals surface area contributed by atoms with Crippen molar-refractivity contribution in [3.05, 3.63) is 85.1 Å². The Labute approximate surface area is 458 Å². The molecular formula is C68H118O6. The number of rotatable bonds is 57. The molecule has 1 atom stereocenters. The maximum Gasteiger partial charge on any atom is 0.306 e. The van der Waals surface area contributed by atoms with Crippen LogP contribution in [0.1, 0.15) is 310 Å². The van der Waals surface area contributed by atoms with Gasteiger partial charge in [-0.1, -0.05) is 286 Å². The first-order valence-corrected chi connectivity index (χ1v) is 31.6. The monoisotopic (exact) mass is 1030 g/mol. The minimum Gasteiger partial charge on any atom is -0.462 e. The van der Waals surface area contributed by atoms with E-state index in [-0.39, 0.29) is 31.1 Å². The molecule has 426 valence electrons. The van der Waals surface area contributed by atoms with Gasteiger partial charge in [0.2, 0.25) is 0 Å². The molecule has 0 rings (SSSR count). The topological polar surface area (TPSA) is 78.9 Å². The molecule has 0 aromatic heterocycles. The highest BCUT2D eigenvalue weighted by Gasteiger charge is 2.19. The second-order valence-corrected chi connectivity index (χ2v) is 20.9. The summed E-state index contributed by atoms with van der Waals surface area (Å²) in [7, 11) is 0. The van der Waals surface area contributed by atoms with Crippen LogP contribution >= 0.6 is 0 Å². The van der Waals surface area contributed by atoms with E-state index in [1.165, 1.54) is 154 Å². The lowest BCUT2D eigenvalue weighted by molar-refractivity contribution is -0.167. The van der Waals surface area contributed by atoms with Crippen molar-refractivity contribution in [3.8, 4) is 0 Å². The fraction of sp³-hybridized carbons (Fsp3) is 0.750. The summed E-state index contributed by atoms with van der Waals surface area (Å²) in [5, 5.41) is 0. The molecule has 0 aliphatic carbocycles. The second kappa shape index (κ2) is 62.1. The third-order valence-corrected chi connectivity index (χ3v) is 13.6. The molecule has 0 fully saturated rings. The first-order valence-electron chi connectivity index (χ1n) is 31.6. The number of carbonyl (C=O) groups is 3. The van der Waals surface area contributed by atoms with Crippen molar-refractivity contribution < 1.29 is 28.6 Å². The molecule has 0 aromatic rings. The Morgan fingerprint density at radius 2 is 0.541 bits per heavy atom. The highest BCUT2D eigenvalue weighted by atomic mass is 16.6. The lowest BCUT2D eigenvalue weighted by Gasteiger charge is -2.18. The molecule has 0 aromatic carbocycles. The van der Waals surface area contributed by atoms with Crippen molar-refractivity contribution in [2.45, 2.75) is 316 Å². The van der Waals surface area contributed by atoms with E-state index in [4.69, 9.17) is 14.2 Å². The molecule has 0 heterocycles. The van der Waals surface area contributed by atoms with Gasteiger partial charge in [-0.25, -0.2) is 0 Å². The highest BCUT2D eigenvalue weighted by Crippen LogP contribution is 2.17. The summed E-state index contributed by atoms with van der Waals surface area (Å²) in [6.45, 7) is 6.49. The average molecular weight is 1030 g/mol. The molecule has 0 saturated heterocycles. The van der Waals surface area contributed by atoms with E-state index in [0.29, 0.717) is 19.3 Å². The highest BCUT2D eigenvalue weighted by molar-refractivity contribution is 5.71. The zero-order chi connectivity index (χ0) is 53.6. The Kier molecular flexibility index (Phi) is 59.3. The number of hydrogen-bond donors (Lipinski definition) is 0. The zero-order valence-electron chi connectivity index (χ0n) is 48.8. The van der Waals surface area contributed by atoms with Crippen LogP contribution in [-0.2, 0) is 28.6 Å². The molecule has 74 heavy (non-hydrogen) atoms. The minimum absolute atomic E-state index is 0.0871. The summed E-state index contributed by atoms with van der Waals surface area (Å²) >= 11 is 0. The molecule has 0 bridgehead atoms. The summed E-state index contributed by atoms with van der Waals surface area (Å²) in [6, 6.07) is 0.